The number of nitrogens with zero attached hydrogens (tertiary/aromatic N) is 5. The highest BCUT2D eigenvalue weighted by atomic mass is 32.2. The molecule has 2 aliphatic heterocycles. The SMILES string of the molecule is COc1ccc(S(=O)(=O)n2c(=O)n(C(C(=O)N3CCC[C@H](NC4CCN(C(C)C)CC4)C3)c3ccccc3)c3cc(C#N)ccc32)cc1. The Hall–Kier alpha value is -4.44. The van der Waals surface area contributed by atoms with E-state index in [1.807, 2.05) is 6.07 Å². The highest BCUT2D eigenvalue weighted by Crippen LogP contribution is 2.29. The van der Waals surface area contributed by atoms with Gasteiger partial charge in [-0.2, -0.15) is 9.23 Å². The van der Waals surface area contributed by atoms with Gasteiger partial charge in [0.05, 0.1) is 34.7 Å². The number of fused-ring (bicyclic) bond motifs is 1. The summed E-state index contributed by atoms with van der Waals surface area (Å²) in [5, 5.41) is 13.6. The van der Waals surface area contributed by atoms with E-state index in [1.54, 1.807) is 29.2 Å². The predicted molar refractivity (Wildman–Crippen MR) is 184 cm³/mol. The summed E-state index contributed by atoms with van der Waals surface area (Å²) in [6.45, 7) is 7.52. The fraction of sp³-hybridized carbons (Fsp3) is 0.417. The van der Waals surface area contributed by atoms with Gasteiger partial charge in [-0.1, -0.05) is 30.3 Å². The van der Waals surface area contributed by atoms with Crippen molar-refractivity contribution in [3.8, 4) is 11.8 Å². The molecule has 0 aliphatic carbocycles. The second-order valence-electron chi connectivity index (χ2n) is 12.9. The first kappa shape index (κ1) is 33.5. The van der Waals surface area contributed by atoms with Crippen LogP contribution in [-0.4, -0.2) is 84.1 Å². The Labute approximate surface area is 281 Å². The van der Waals surface area contributed by atoms with E-state index in [4.69, 9.17) is 4.74 Å². The number of rotatable bonds is 9. The average Bonchev–Trinajstić information content (AvgIpc) is 3.40. The second-order valence-corrected chi connectivity index (χ2v) is 14.7. The number of carbonyl (C=O) groups excluding carboxylic acids is 1. The van der Waals surface area contributed by atoms with Gasteiger partial charge in [-0.3, -0.25) is 9.36 Å². The summed E-state index contributed by atoms with van der Waals surface area (Å²) in [5.41, 5.74) is 0.155. The van der Waals surface area contributed by atoms with E-state index in [0.29, 0.717) is 36.5 Å². The van der Waals surface area contributed by atoms with Crippen molar-refractivity contribution >= 4 is 27.0 Å². The lowest BCUT2D eigenvalue weighted by Gasteiger charge is -2.40. The molecule has 6 rings (SSSR count). The van der Waals surface area contributed by atoms with Crippen molar-refractivity contribution in [1.82, 2.24) is 23.7 Å². The highest BCUT2D eigenvalue weighted by Gasteiger charge is 2.36. The van der Waals surface area contributed by atoms with E-state index in [1.165, 1.54) is 54.1 Å². The Balaban J connectivity index is 1.40. The highest BCUT2D eigenvalue weighted by molar-refractivity contribution is 7.90. The van der Waals surface area contributed by atoms with Crippen molar-refractivity contribution in [2.24, 2.45) is 0 Å². The summed E-state index contributed by atoms with van der Waals surface area (Å²) >= 11 is 0. The van der Waals surface area contributed by atoms with Crippen LogP contribution in [0, 0.1) is 11.3 Å². The Morgan fingerprint density at radius 2 is 1.65 bits per heavy atom. The van der Waals surface area contributed by atoms with Gasteiger partial charge >= 0.3 is 5.69 Å². The number of nitriles is 1. The van der Waals surface area contributed by atoms with Crippen LogP contribution >= 0.6 is 0 Å². The maximum Gasteiger partial charge on any atom is 0.344 e. The van der Waals surface area contributed by atoms with Crippen LogP contribution in [0.2, 0.25) is 0 Å². The molecule has 11 nitrogen and oxygen atoms in total. The molecule has 0 saturated carbocycles. The normalized spacial score (nSPS) is 18.6. The predicted octanol–water partition coefficient (Wildman–Crippen LogP) is 3.96. The lowest BCUT2D eigenvalue weighted by molar-refractivity contribution is -0.135. The van der Waals surface area contributed by atoms with Gasteiger partial charge < -0.3 is 19.9 Å². The molecule has 1 aromatic heterocycles. The molecule has 1 unspecified atom stereocenters. The number of methoxy groups -OCH3 is 1. The molecule has 0 radical (unpaired) electrons. The van der Waals surface area contributed by atoms with E-state index >= 15 is 0 Å². The van der Waals surface area contributed by atoms with Crippen LogP contribution in [0.4, 0.5) is 0 Å². The molecule has 4 aromatic rings. The minimum Gasteiger partial charge on any atom is -0.497 e. The molecular formula is C36H42N6O5S. The van der Waals surface area contributed by atoms with E-state index in [9.17, 15) is 23.3 Å². The number of aromatic nitrogens is 2. The largest absolute Gasteiger partial charge is 0.497 e. The molecule has 1 amide bonds. The smallest absolute Gasteiger partial charge is 0.344 e. The standard InChI is InChI=1S/C36H42N6O5S/c1-25(2)39-20-17-28(18-21-39)38-29-10-7-19-40(24-29)35(43)34(27-8-5-4-6-9-27)41-33-22-26(23-37)11-16-32(33)42(36(41)44)48(45,46)31-14-12-30(47-3)13-15-31/h4-6,8-9,11-16,22,25,28-29,34,38H,7,10,17-21,24H2,1-3H3/t29-,34?/m0/s1. The number of imidazole rings is 1. The molecule has 0 bridgehead atoms. The van der Waals surface area contributed by atoms with Gasteiger partial charge in [0.1, 0.15) is 11.8 Å². The van der Waals surface area contributed by atoms with Crippen molar-refractivity contribution in [1.29, 1.82) is 5.26 Å². The summed E-state index contributed by atoms with van der Waals surface area (Å²) in [4.78, 5) is 33.4. The van der Waals surface area contributed by atoms with Crippen LogP contribution in [0.15, 0.2) is 82.5 Å². The Morgan fingerprint density at radius 1 is 0.938 bits per heavy atom. The van der Waals surface area contributed by atoms with E-state index in [2.05, 4.69) is 30.1 Å². The fourth-order valence-electron chi connectivity index (χ4n) is 7.04. The molecule has 2 fully saturated rings. The number of piperidine rings is 2. The summed E-state index contributed by atoms with van der Waals surface area (Å²) in [7, 11) is -2.94. The Morgan fingerprint density at radius 3 is 2.29 bits per heavy atom. The molecule has 2 aliphatic rings. The zero-order valence-corrected chi connectivity index (χ0v) is 28.4. The van der Waals surface area contributed by atoms with Crippen LogP contribution in [-0.2, 0) is 14.8 Å². The van der Waals surface area contributed by atoms with Crippen molar-refractivity contribution in [3.63, 3.8) is 0 Å². The zero-order valence-electron chi connectivity index (χ0n) is 27.6. The quantitative estimate of drug-likeness (QED) is 0.283. The van der Waals surface area contributed by atoms with Gasteiger partial charge in [0.15, 0.2) is 0 Å². The Bertz CT molecular complexity index is 1970. The number of ether oxygens (including phenoxy) is 1. The maximum absolute atomic E-state index is 14.7. The zero-order chi connectivity index (χ0) is 34.0. The second kappa shape index (κ2) is 14.0. The van der Waals surface area contributed by atoms with Crippen LogP contribution < -0.4 is 15.7 Å². The third kappa shape index (κ3) is 6.50. The molecule has 3 aromatic carbocycles. The van der Waals surface area contributed by atoms with Gasteiger partial charge in [0, 0.05) is 31.2 Å². The number of benzene rings is 3. The molecule has 3 heterocycles. The molecule has 48 heavy (non-hydrogen) atoms. The number of nitrogens with one attached hydrogen (secondary N) is 1. The average molecular weight is 671 g/mol. The van der Waals surface area contributed by atoms with Crippen molar-refractivity contribution in [2.75, 3.05) is 33.3 Å². The van der Waals surface area contributed by atoms with Crippen LogP contribution in [0.5, 0.6) is 5.75 Å². The van der Waals surface area contributed by atoms with Crippen molar-refractivity contribution in [3.05, 3.63) is 94.4 Å². The van der Waals surface area contributed by atoms with E-state index in [-0.39, 0.29) is 33.4 Å². The molecule has 2 saturated heterocycles. The molecule has 252 valence electrons. The van der Waals surface area contributed by atoms with Crippen molar-refractivity contribution < 1.29 is 17.9 Å². The third-order valence-electron chi connectivity index (χ3n) is 9.63. The number of carbonyl (C=O) groups is 1. The van der Waals surface area contributed by atoms with Crippen LogP contribution in [0.1, 0.15) is 56.7 Å². The minimum absolute atomic E-state index is 0.0782. The third-order valence-corrected chi connectivity index (χ3v) is 11.3. The van der Waals surface area contributed by atoms with E-state index in [0.717, 1.165) is 42.7 Å². The molecular weight excluding hydrogens is 629 g/mol. The van der Waals surface area contributed by atoms with Gasteiger partial charge in [-0.15, -0.1) is 0 Å². The van der Waals surface area contributed by atoms with Gasteiger partial charge in [-0.05, 0) is 101 Å². The first-order valence-electron chi connectivity index (χ1n) is 16.5. The number of hydrogen-bond donors (Lipinski definition) is 1. The topological polar surface area (TPSA) is 130 Å². The lowest BCUT2D eigenvalue weighted by atomic mass is 9.98. The molecule has 1 N–H and O–H groups in total. The van der Waals surface area contributed by atoms with Crippen molar-refractivity contribution in [2.45, 2.75) is 68.6 Å². The summed E-state index contributed by atoms with van der Waals surface area (Å²) in [6.07, 6.45) is 3.84. The van der Waals surface area contributed by atoms with E-state index < -0.39 is 21.8 Å². The number of amides is 1. The number of likely N-dealkylation sites (tertiary alicyclic amines) is 2. The maximum atomic E-state index is 14.7. The number of hydrogen-bond acceptors (Lipinski definition) is 8. The molecule has 2 atom stereocenters. The van der Waals surface area contributed by atoms with Crippen LogP contribution in [0.25, 0.3) is 11.0 Å². The summed E-state index contributed by atoms with van der Waals surface area (Å²) in [6, 6.07) is 21.0. The van der Waals surface area contributed by atoms with Gasteiger partial charge in [0.2, 0.25) is 0 Å². The van der Waals surface area contributed by atoms with Crippen LogP contribution in [0.3, 0.4) is 0 Å². The summed E-state index contributed by atoms with van der Waals surface area (Å²) in [5.74, 6) is 0.167. The molecule has 0 spiro atoms. The molecule has 12 heteroatoms. The van der Waals surface area contributed by atoms with Gasteiger partial charge in [0.25, 0.3) is 15.9 Å². The first-order chi connectivity index (χ1) is 23.1. The minimum atomic E-state index is -4.41. The van der Waals surface area contributed by atoms with Gasteiger partial charge in [-0.25, -0.2) is 13.2 Å². The lowest BCUT2D eigenvalue weighted by Crippen LogP contribution is -2.54. The monoisotopic (exact) mass is 670 g/mol. The first-order valence-corrected chi connectivity index (χ1v) is 18.0. The fourth-order valence-corrected chi connectivity index (χ4v) is 8.43. The summed E-state index contributed by atoms with van der Waals surface area (Å²) < 4.78 is 35.4. The Kier molecular flexibility index (Phi) is 9.73.